The van der Waals surface area contributed by atoms with E-state index in [1.807, 2.05) is 25.5 Å². The fourth-order valence-corrected chi connectivity index (χ4v) is 6.30. The molecule has 8 heteroatoms. The number of thiophene rings is 1. The second kappa shape index (κ2) is 10.0. The zero-order valence-electron chi connectivity index (χ0n) is 17.9. The minimum Gasteiger partial charge on any atom is -0.350 e. The van der Waals surface area contributed by atoms with Crippen molar-refractivity contribution in [1.82, 2.24) is 14.5 Å². The van der Waals surface area contributed by atoms with Crippen LogP contribution < -0.4 is 5.32 Å². The molecule has 1 unspecified atom stereocenters. The van der Waals surface area contributed by atoms with Crippen molar-refractivity contribution in [3.8, 4) is 0 Å². The maximum Gasteiger partial charge on any atom is 0.251 e. The Morgan fingerprint density at radius 1 is 1.13 bits per heavy atom. The van der Waals surface area contributed by atoms with Crippen LogP contribution in [0.15, 0.2) is 46.7 Å². The molecule has 1 fully saturated rings. The number of hydrogen-bond acceptors (Lipinski definition) is 5. The average Bonchev–Trinajstić information content (AvgIpc) is 3.28. The molecule has 6 nitrogen and oxygen atoms in total. The molecule has 0 aliphatic heterocycles. The largest absolute Gasteiger partial charge is 0.350 e. The molecule has 30 heavy (non-hydrogen) atoms. The summed E-state index contributed by atoms with van der Waals surface area (Å²) in [6, 6.07) is 10.5. The van der Waals surface area contributed by atoms with Crippen molar-refractivity contribution < 1.29 is 13.2 Å². The van der Waals surface area contributed by atoms with Crippen molar-refractivity contribution >= 4 is 27.3 Å². The van der Waals surface area contributed by atoms with Gasteiger partial charge in [0.15, 0.2) is 0 Å². The van der Waals surface area contributed by atoms with Crippen LogP contribution in [-0.4, -0.2) is 57.3 Å². The van der Waals surface area contributed by atoms with Crippen LogP contribution in [0.2, 0.25) is 0 Å². The van der Waals surface area contributed by atoms with Crippen LogP contribution in [-0.2, 0) is 10.0 Å². The van der Waals surface area contributed by atoms with Gasteiger partial charge in [-0.25, -0.2) is 8.42 Å². The number of sulfonamides is 1. The molecule has 3 rings (SSSR count). The number of likely N-dealkylation sites (N-methyl/N-ethyl adjacent to an activating group) is 1. The summed E-state index contributed by atoms with van der Waals surface area (Å²) in [7, 11) is 1.98. The molecule has 1 heterocycles. The smallest absolute Gasteiger partial charge is 0.251 e. The minimum atomic E-state index is -3.63. The Morgan fingerprint density at radius 3 is 2.50 bits per heavy atom. The lowest BCUT2D eigenvalue weighted by atomic mass is 9.96. The molecule has 1 aliphatic rings. The summed E-state index contributed by atoms with van der Waals surface area (Å²) in [5, 5.41) is 4.98. The van der Waals surface area contributed by atoms with Gasteiger partial charge in [0.1, 0.15) is 0 Å². The third-order valence-electron chi connectivity index (χ3n) is 5.81. The summed E-state index contributed by atoms with van der Waals surface area (Å²) in [5.41, 5.74) is 0.358. The summed E-state index contributed by atoms with van der Waals surface area (Å²) in [6.07, 6.45) is 5.07. The highest BCUT2D eigenvalue weighted by Gasteiger charge is 2.29. The van der Waals surface area contributed by atoms with E-state index in [4.69, 9.17) is 0 Å². The normalized spacial score (nSPS) is 16.7. The van der Waals surface area contributed by atoms with Gasteiger partial charge >= 0.3 is 0 Å². The van der Waals surface area contributed by atoms with Gasteiger partial charge in [0, 0.05) is 30.1 Å². The molecule has 0 radical (unpaired) electrons. The van der Waals surface area contributed by atoms with Crippen LogP contribution in [0.25, 0.3) is 0 Å². The van der Waals surface area contributed by atoms with Gasteiger partial charge < -0.3 is 10.2 Å². The molecule has 2 aromatic rings. The first-order valence-electron chi connectivity index (χ1n) is 10.4. The average molecular weight is 450 g/mol. The quantitative estimate of drug-likeness (QED) is 0.667. The molecule has 1 aromatic carbocycles. The van der Waals surface area contributed by atoms with E-state index in [0.717, 1.165) is 25.7 Å². The number of carbonyl (C=O) groups is 1. The molecule has 0 spiro atoms. The fourth-order valence-electron chi connectivity index (χ4n) is 3.91. The Kier molecular flexibility index (Phi) is 7.68. The lowest BCUT2D eigenvalue weighted by Gasteiger charge is -2.30. The van der Waals surface area contributed by atoms with E-state index in [-0.39, 0.29) is 22.9 Å². The zero-order valence-corrected chi connectivity index (χ0v) is 19.5. The SMILES string of the molecule is CN(C)C(CNC(=O)c1cccc(S(=O)(=O)N(C)C2CCCCC2)c1)c1cccs1. The topological polar surface area (TPSA) is 69.7 Å². The molecule has 1 aliphatic carbocycles. The third-order valence-corrected chi connectivity index (χ3v) is 8.69. The van der Waals surface area contributed by atoms with Gasteiger partial charge in [-0.1, -0.05) is 31.4 Å². The second-order valence-corrected chi connectivity index (χ2v) is 11.0. The van der Waals surface area contributed by atoms with E-state index in [0.29, 0.717) is 12.1 Å². The Labute approximate surface area is 183 Å². The summed E-state index contributed by atoms with van der Waals surface area (Å²) in [6.45, 7) is 0.450. The van der Waals surface area contributed by atoms with Crippen molar-refractivity contribution in [2.75, 3.05) is 27.7 Å². The van der Waals surface area contributed by atoms with E-state index >= 15 is 0 Å². The highest BCUT2D eigenvalue weighted by molar-refractivity contribution is 7.89. The monoisotopic (exact) mass is 449 g/mol. The molecule has 1 saturated carbocycles. The number of amides is 1. The van der Waals surface area contributed by atoms with Crippen molar-refractivity contribution in [3.63, 3.8) is 0 Å². The third kappa shape index (κ3) is 5.29. The van der Waals surface area contributed by atoms with E-state index in [2.05, 4.69) is 16.3 Å². The van der Waals surface area contributed by atoms with E-state index in [1.54, 1.807) is 36.6 Å². The van der Waals surface area contributed by atoms with Gasteiger partial charge in [0.25, 0.3) is 5.91 Å². The van der Waals surface area contributed by atoms with Crippen LogP contribution in [0.5, 0.6) is 0 Å². The van der Waals surface area contributed by atoms with Crippen LogP contribution in [0, 0.1) is 0 Å². The van der Waals surface area contributed by atoms with Crippen LogP contribution in [0.1, 0.15) is 53.4 Å². The molecule has 164 valence electrons. The molecule has 1 amide bonds. The number of carbonyl (C=O) groups excluding carboxylic acids is 1. The van der Waals surface area contributed by atoms with Crippen LogP contribution >= 0.6 is 11.3 Å². The van der Waals surface area contributed by atoms with E-state index in [9.17, 15) is 13.2 Å². The van der Waals surface area contributed by atoms with Gasteiger partial charge in [-0.05, 0) is 56.6 Å². The predicted molar refractivity (Wildman–Crippen MR) is 121 cm³/mol. The maximum absolute atomic E-state index is 13.1. The standard InChI is InChI=1S/C22H31N3O3S2/c1-24(2)20(21-13-8-14-29-21)16-23-22(26)17-9-7-12-19(15-17)30(27,28)25(3)18-10-5-4-6-11-18/h7-9,12-15,18,20H,4-6,10-11,16H2,1-3H3,(H,23,26). The predicted octanol–water partition coefficient (Wildman–Crippen LogP) is 3.73. The molecular formula is C22H31N3O3S2. The Hall–Kier alpha value is -1.74. The highest BCUT2D eigenvalue weighted by Crippen LogP contribution is 2.27. The summed E-state index contributed by atoms with van der Waals surface area (Å²) >= 11 is 1.65. The minimum absolute atomic E-state index is 0.0351. The van der Waals surface area contributed by atoms with Crippen LogP contribution in [0.4, 0.5) is 0 Å². The number of nitrogens with zero attached hydrogens (tertiary/aromatic N) is 2. The van der Waals surface area contributed by atoms with E-state index in [1.165, 1.54) is 21.7 Å². The van der Waals surface area contributed by atoms with Gasteiger partial charge in [0.2, 0.25) is 10.0 Å². The van der Waals surface area contributed by atoms with E-state index < -0.39 is 10.0 Å². The van der Waals surface area contributed by atoms with Crippen molar-refractivity contribution in [2.24, 2.45) is 0 Å². The lowest BCUT2D eigenvalue weighted by Crippen LogP contribution is -2.38. The highest BCUT2D eigenvalue weighted by atomic mass is 32.2. The maximum atomic E-state index is 13.1. The first-order valence-corrected chi connectivity index (χ1v) is 12.7. The molecular weight excluding hydrogens is 418 g/mol. The first-order chi connectivity index (χ1) is 14.3. The number of rotatable bonds is 8. The van der Waals surface area contributed by atoms with Gasteiger partial charge in [-0.15, -0.1) is 11.3 Å². The second-order valence-electron chi connectivity index (χ2n) is 8.05. The van der Waals surface area contributed by atoms with Crippen molar-refractivity contribution in [3.05, 3.63) is 52.2 Å². The summed E-state index contributed by atoms with van der Waals surface area (Å²) in [5.74, 6) is -0.268. The summed E-state index contributed by atoms with van der Waals surface area (Å²) < 4.78 is 27.7. The zero-order chi connectivity index (χ0) is 21.7. The molecule has 1 N–H and O–H groups in total. The van der Waals surface area contributed by atoms with Gasteiger partial charge in [0.05, 0.1) is 10.9 Å². The molecule has 1 atom stereocenters. The van der Waals surface area contributed by atoms with Gasteiger partial charge in [-0.3, -0.25) is 4.79 Å². The van der Waals surface area contributed by atoms with Gasteiger partial charge in [-0.2, -0.15) is 4.31 Å². The van der Waals surface area contributed by atoms with Crippen molar-refractivity contribution in [1.29, 1.82) is 0 Å². The lowest BCUT2D eigenvalue weighted by molar-refractivity contribution is 0.0942. The van der Waals surface area contributed by atoms with Crippen LogP contribution in [0.3, 0.4) is 0 Å². The molecule has 0 saturated heterocycles. The first kappa shape index (κ1) is 22.9. The molecule has 0 bridgehead atoms. The molecule has 1 aromatic heterocycles. The summed E-state index contributed by atoms with van der Waals surface area (Å²) in [4.78, 5) is 16.2. The Morgan fingerprint density at radius 2 is 1.87 bits per heavy atom. The van der Waals surface area contributed by atoms with Crippen molar-refractivity contribution in [2.45, 2.75) is 49.1 Å². The fraction of sp³-hybridized carbons (Fsp3) is 0.500. The number of benzene rings is 1. The number of hydrogen-bond donors (Lipinski definition) is 1. The number of nitrogens with one attached hydrogen (secondary N) is 1. The Balaban J connectivity index is 1.71. The Bertz CT molecular complexity index is 936.